The number of benzene rings is 1. The van der Waals surface area contributed by atoms with Gasteiger partial charge in [0.05, 0.1) is 0 Å². The highest BCUT2D eigenvalue weighted by molar-refractivity contribution is 5.75. The lowest BCUT2D eigenvalue weighted by molar-refractivity contribution is -0.121. The van der Waals surface area contributed by atoms with Gasteiger partial charge in [0.15, 0.2) is 5.82 Å². The number of aryl methyl sites for hydroxylation is 1. The molecule has 0 spiro atoms. The molecule has 1 saturated carbocycles. The minimum Gasteiger partial charge on any atom is -0.356 e. The van der Waals surface area contributed by atoms with Crippen LogP contribution >= 0.6 is 0 Å². The molecule has 0 saturated heterocycles. The maximum atomic E-state index is 12.0. The summed E-state index contributed by atoms with van der Waals surface area (Å²) in [6.07, 6.45) is 7.97. The highest BCUT2D eigenvalue weighted by atomic mass is 16.5. The summed E-state index contributed by atoms with van der Waals surface area (Å²) < 4.78 is 5.24. The van der Waals surface area contributed by atoms with Crippen LogP contribution in [0.25, 0.3) is 0 Å². The van der Waals surface area contributed by atoms with Crippen LogP contribution in [0.3, 0.4) is 0 Å². The van der Waals surface area contributed by atoms with Crippen LogP contribution in [0.5, 0.6) is 0 Å². The molecular formula is C19H25N3O2. The van der Waals surface area contributed by atoms with Crippen molar-refractivity contribution in [3.05, 3.63) is 47.6 Å². The molecule has 2 aromatic rings. The molecule has 1 fully saturated rings. The van der Waals surface area contributed by atoms with E-state index in [-0.39, 0.29) is 5.91 Å². The van der Waals surface area contributed by atoms with Crippen LogP contribution in [-0.4, -0.2) is 22.6 Å². The molecule has 1 aliphatic carbocycles. The Kier molecular flexibility index (Phi) is 5.99. The van der Waals surface area contributed by atoms with E-state index in [0.717, 1.165) is 12.1 Å². The summed E-state index contributed by atoms with van der Waals surface area (Å²) >= 11 is 0. The van der Waals surface area contributed by atoms with Crippen molar-refractivity contribution in [3.8, 4) is 0 Å². The van der Waals surface area contributed by atoms with E-state index in [1.165, 1.54) is 32.1 Å². The van der Waals surface area contributed by atoms with Crippen LogP contribution in [0.2, 0.25) is 0 Å². The zero-order valence-electron chi connectivity index (χ0n) is 14.0. The second-order valence-corrected chi connectivity index (χ2v) is 6.57. The Bertz CT molecular complexity index is 633. The highest BCUT2D eigenvalue weighted by Crippen LogP contribution is 2.22. The standard InChI is InChI=1S/C19H25N3O2/c23-18(20-14-16-9-5-2-6-10-16)11-12-19-21-17(22-24-19)13-15-7-3-1-4-8-15/h1,3-4,7-8,16H,2,5-6,9-14H2,(H,20,23). The van der Waals surface area contributed by atoms with Gasteiger partial charge in [0, 0.05) is 25.8 Å². The first-order valence-corrected chi connectivity index (χ1v) is 8.91. The van der Waals surface area contributed by atoms with Crippen molar-refractivity contribution in [2.45, 2.75) is 51.4 Å². The smallest absolute Gasteiger partial charge is 0.227 e. The normalized spacial score (nSPS) is 15.3. The molecule has 5 nitrogen and oxygen atoms in total. The van der Waals surface area contributed by atoms with Gasteiger partial charge in [-0.15, -0.1) is 0 Å². The van der Waals surface area contributed by atoms with E-state index in [1.54, 1.807) is 0 Å². The SMILES string of the molecule is O=C(CCc1nc(Cc2ccccc2)no1)NCC1CCCCC1. The molecule has 1 aromatic carbocycles. The number of hydrogen-bond donors (Lipinski definition) is 1. The number of hydrogen-bond acceptors (Lipinski definition) is 4. The van der Waals surface area contributed by atoms with Crippen molar-refractivity contribution in [2.75, 3.05) is 6.54 Å². The van der Waals surface area contributed by atoms with Crippen LogP contribution < -0.4 is 5.32 Å². The number of carbonyl (C=O) groups is 1. The molecule has 3 rings (SSSR count). The lowest BCUT2D eigenvalue weighted by Gasteiger charge is -2.21. The van der Waals surface area contributed by atoms with Gasteiger partial charge < -0.3 is 9.84 Å². The number of nitrogens with zero attached hydrogens (tertiary/aromatic N) is 2. The van der Waals surface area contributed by atoms with Gasteiger partial charge in [-0.1, -0.05) is 54.8 Å². The molecule has 128 valence electrons. The Balaban J connectivity index is 1.39. The molecule has 0 aliphatic heterocycles. The lowest BCUT2D eigenvalue weighted by atomic mass is 9.89. The number of nitrogens with one attached hydrogen (secondary N) is 1. The average Bonchev–Trinajstić information content (AvgIpc) is 3.07. The average molecular weight is 327 g/mol. The van der Waals surface area contributed by atoms with E-state index in [0.29, 0.717) is 36.9 Å². The van der Waals surface area contributed by atoms with Crippen LogP contribution in [0.15, 0.2) is 34.9 Å². The first-order valence-electron chi connectivity index (χ1n) is 8.91. The molecule has 1 aromatic heterocycles. The minimum atomic E-state index is 0.0726. The molecule has 0 atom stereocenters. The predicted octanol–water partition coefficient (Wildman–Crippen LogP) is 3.29. The largest absolute Gasteiger partial charge is 0.356 e. The maximum Gasteiger partial charge on any atom is 0.227 e. The van der Waals surface area contributed by atoms with Gasteiger partial charge in [0.2, 0.25) is 11.8 Å². The van der Waals surface area contributed by atoms with E-state index in [1.807, 2.05) is 30.3 Å². The van der Waals surface area contributed by atoms with Crippen molar-refractivity contribution in [1.82, 2.24) is 15.5 Å². The zero-order valence-corrected chi connectivity index (χ0v) is 14.0. The lowest BCUT2D eigenvalue weighted by Crippen LogP contribution is -2.30. The summed E-state index contributed by atoms with van der Waals surface area (Å²) in [5.74, 6) is 1.93. The van der Waals surface area contributed by atoms with Crippen LogP contribution in [-0.2, 0) is 17.6 Å². The zero-order chi connectivity index (χ0) is 16.6. The number of rotatable bonds is 7. The van der Waals surface area contributed by atoms with Gasteiger partial charge >= 0.3 is 0 Å². The third-order valence-electron chi connectivity index (χ3n) is 4.59. The van der Waals surface area contributed by atoms with Crippen molar-refractivity contribution in [3.63, 3.8) is 0 Å². The molecule has 0 radical (unpaired) electrons. The summed E-state index contributed by atoms with van der Waals surface area (Å²) in [4.78, 5) is 16.3. The van der Waals surface area contributed by atoms with E-state index in [2.05, 4.69) is 15.5 Å². The van der Waals surface area contributed by atoms with E-state index >= 15 is 0 Å². The summed E-state index contributed by atoms with van der Waals surface area (Å²) in [6.45, 7) is 0.807. The molecule has 5 heteroatoms. The quantitative estimate of drug-likeness (QED) is 0.847. The molecule has 1 aliphatic rings. The highest BCUT2D eigenvalue weighted by Gasteiger charge is 2.15. The monoisotopic (exact) mass is 327 g/mol. The molecule has 0 bridgehead atoms. The van der Waals surface area contributed by atoms with Crippen molar-refractivity contribution >= 4 is 5.91 Å². The minimum absolute atomic E-state index is 0.0726. The number of carbonyl (C=O) groups excluding carboxylic acids is 1. The topological polar surface area (TPSA) is 68.0 Å². The van der Waals surface area contributed by atoms with Crippen LogP contribution in [0, 0.1) is 5.92 Å². The molecule has 24 heavy (non-hydrogen) atoms. The molecule has 0 unspecified atom stereocenters. The maximum absolute atomic E-state index is 12.0. The van der Waals surface area contributed by atoms with Crippen molar-refractivity contribution in [2.24, 2.45) is 5.92 Å². The van der Waals surface area contributed by atoms with Crippen LogP contribution in [0.1, 0.15) is 55.8 Å². The molecule has 1 amide bonds. The Hall–Kier alpha value is -2.17. The van der Waals surface area contributed by atoms with Gasteiger partial charge in [-0.3, -0.25) is 4.79 Å². The Morgan fingerprint density at radius 2 is 1.96 bits per heavy atom. The van der Waals surface area contributed by atoms with Gasteiger partial charge in [-0.25, -0.2) is 0 Å². The summed E-state index contributed by atoms with van der Waals surface area (Å²) in [6, 6.07) is 10.0. The number of aromatic nitrogens is 2. The van der Waals surface area contributed by atoms with E-state index < -0.39 is 0 Å². The second-order valence-electron chi connectivity index (χ2n) is 6.57. The van der Waals surface area contributed by atoms with Crippen molar-refractivity contribution in [1.29, 1.82) is 0 Å². The summed E-state index contributed by atoms with van der Waals surface area (Å²) in [5, 5.41) is 7.03. The second kappa shape index (κ2) is 8.62. The Labute approximate surface area is 142 Å². The van der Waals surface area contributed by atoms with Crippen molar-refractivity contribution < 1.29 is 9.32 Å². The van der Waals surface area contributed by atoms with Gasteiger partial charge in [0.25, 0.3) is 0 Å². The van der Waals surface area contributed by atoms with Crippen LogP contribution in [0.4, 0.5) is 0 Å². The third kappa shape index (κ3) is 5.18. The summed E-state index contributed by atoms with van der Waals surface area (Å²) in [5.41, 5.74) is 1.15. The van der Waals surface area contributed by atoms with Gasteiger partial charge in [-0.05, 0) is 24.3 Å². The molecule has 1 N–H and O–H groups in total. The Morgan fingerprint density at radius 1 is 1.17 bits per heavy atom. The van der Waals surface area contributed by atoms with Gasteiger partial charge in [-0.2, -0.15) is 4.98 Å². The summed E-state index contributed by atoms with van der Waals surface area (Å²) in [7, 11) is 0. The fourth-order valence-corrected chi connectivity index (χ4v) is 3.20. The Morgan fingerprint density at radius 3 is 2.75 bits per heavy atom. The number of amides is 1. The fraction of sp³-hybridized carbons (Fsp3) is 0.526. The molecule has 1 heterocycles. The van der Waals surface area contributed by atoms with Gasteiger partial charge in [0.1, 0.15) is 0 Å². The fourth-order valence-electron chi connectivity index (χ4n) is 3.20. The molecular weight excluding hydrogens is 302 g/mol. The first-order chi connectivity index (χ1) is 11.8. The van der Waals surface area contributed by atoms with E-state index in [9.17, 15) is 4.79 Å². The first kappa shape index (κ1) is 16.7. The predicted molar refractivity (Wildman–Crippen MR) is 91.5 cm³/mol. The third-order valence-corrected chi connectivity index (χ3v) is 4.59. The van der Waals surface area contributed by atoms with E-state index in [4.69, 9.17) is 4.52 Å².